The maximum absolute atomic E-state index is 12.4. The summed E-state index contributed by atoms with van der Waals surface area (Å²) in [6, 6.07) is 8.63. The number of piperidine rings is 1. The van der Waals surface area contributed by atoms with Gasteiger partial charge < -0.3 is 10.6 Å². The molecule has 3 nitrogen and oxygen atoms in total. The van der Waals surface area contributed by atoms with E-state index in [2.05, 4.69) is 38.1 Å². The molecule has 1 fully saturated rings. The lowest BCUT2D eigenvalue weighted by Crippen LogP contribution is -2.51. The average molecular weight is 274 g/mol. The van der Waals surface area contributed by atoms with Crippen LogP contribution in [0.25, 0.3) is 0 Å². The number of hydrogen-bond acceptors (Lipinski definition) is 2. The summed E-state index contributed by atoms with van der Waals surface area (Å²) in [7, 11) is 0. The number of benzene rings is 1. The van der Waals surface area contributed by atoms with Crippen molar-refractivity contribution in [2.45, 2.75) is 45.6 Å². The number of carbonyl (C=O) groups excluding carboxylic acids is 1. The molecule has 110 valence electrons. The van der Waals surface area contributed by atoms with Crippen LogP contribution in [0.1, 0.15) is 37.3 Å². The van der Waals surface area contributed by atoms with Crippen LogP contribution in [0.15, 0.2) is 24.3 Å². The largest absolute Gasteiger partial charge is 0.338 e. The highest BCUT2D eigenvalue weighted by Crippen LogP contribution is 2.23. The second kappa shape index (κ2) is 6.89. The number of rotatable bonds is 4. The zero-order valence-electron chi connectivity index (χ0n) is 12.6. The number of likely N-dealkylation sites (tertiary alicyclic amines) is 1. The summed E-state index contributed by atoms with van der Waals surface area (Å²) in [6.07, 6.45) is 3.70. The molecule has 2 rings (SSSR count). The number of hydrogen-bond donors (Lipinski definition) is 1. The van der Waals surface area contributed by atoms with E-state index in [4.69, 9.17) is 5.73 Å². The fourth-order valence-electron chi connectivity index (χ4n) is 3.18. The molecule has 1 saturated heterocycles. The second-order valence-electron chi connectivity index (χ2n) is 6.00. The first-order valence-corrected chi connectivity index (χ1v) is 7.67. The van der Waals surface area contributed by atoms with Gasteiger partial charge in [0.15, 0.2) is 0 Å². The first kappa shape index (κ1) is 15.0. The van der Waals surface area contributed by atoms with Crippen LogP contribution in [0.4, 0.5) is 0 Å². The lowest BCUT2D eigenvalue weighted by molar-refractivity contribution is -0.136. The number of nitrogens with two attached hydrogens (primary N) is 1. The quantitative estimate of drug-likeness (QED) is 0.917. The molecule has 2 atom stereocenters. The van der Waals surface area contributed by atoms with Crippen molar-refractivity contribution >= 4 is 5.91 Å². The summed E-state index contributed by atoms with van der Waals surface area (Å²) < 4.78 is 0. The lowest BCUT2D eigenvalue weighted by Gasteiger charge is -2.39. The summed E-state index contributed by atoms with van der Waals surface area (Å²) in [6.45, 7) is 5.75. The number of aryl methyl sites for hydroxylation is 2. The minimum atomic E-state index is 0.230. The standard InChI is InChI=1S/C17H26N2O/c1-13-5-3-7-15(11-13)8-9-17(20)19-10-4-6-14(2)16(19)12-18/h3,5,7,11,14,16H,4,6,8-10,12,18H2,1-2H3. The first-order chi connectivity index (χ1) is 9.61. The number of carbonyl (C=O) groups is 1. The van der Waals surface area contributed by atoms with Crippen molar-refractivity contribution in [3.05, 3.63) is 35.4 Å². The third-order valence-electron chi connectivity index (χ3n) is 4.39. The molecule has 0 radical (unpaired) electrons. The second-order valence-corrected chi connectivity index (χ2v) is 6.00. The maximum Gasteiger partial charge on any atom is 0.223 e. The topological polar surface area (TPSA) is 46.3 Å². The van der Waals surface area contributed by atoms with E-state index < -0.39 is 0 Å². The zero-order chi connectivity index (χ0) is 14.5. The molecule has 0 saturated carbocycles. The lowest BCUT2D eigenvalue weighted by atomic mass is 9.90. The summed E-state index contributed by atoms with van der Waals surface area (Å²) in [5.41, 5.74) is 8.35. The molecule has 1 amide bonds. The average Bonchev–Trinajstić information content (AvgIpc) is 2.44. The van der Waals surface area contributed by atoms with E-state index in [1.54, 1.807) is 0 Å². The summed E-state index contributed by atoms with van der Waals surface area (Å²) in [5.74, 6) is 0.783. The van der Waals surface area contributed by atoms with E-state index in [0.29, 0.717) is 18.9 Å². The third-order valence-corrected chi connectivity index (χ3v) is 4.39. The number of nitrogens with zero attached hydrogens (tertiary/aromatic N) is 1. The van der Waals surface area contributed by atoms with E-state index in [1.165, 1.54) is 17.5 Å². The molecule has 1 aromatic rings. The molecule has 1 aliphatic heterocycles. The van der Waals surface area contributed by atoms with Gasteiger partial charge in [0.2, 0.25) is 5.91 Å². The first-order valence-electron chi connectivity index (χ1n) is 7.67. The Morgan fingerprint density at radius 1 is 1.45 bits per heavy atom. The van der Waals surface area contributed by atoms with Gasteiger partial charge in [-0.05, 0) is 37.7 Å². The Bertz CT molecular complexity index is 458. The summed E-state index contributed by atoms with van der Waals surface area (Å²) in [5, 5.41) is 0. The Kier molecular flexibility index (Phi) is 5.18. The molecule has 0 aromatic heterocycles. The van der Waals surface area contributed by atoms with E-state index in [-0.39, 0.29) is 11.9 Å². The molecule has 1 aliphatic rings. The van der Waals surface area contributed by atoms with Crippen LogP contribution >= 0.6 is 0 Å². The van der Waals surface area contributed by atoms with E-state index in [0.717, 1.165) is 19.4 Å². The van der Waals surface area contributed by atoms with Crippen LogP contribution < -0.4 is 5.73 Å². The predicted octanol–water partition coefficient (Wildman–Crippen LogP) is 2.51. The minimum Gasteiger partial charge on any atom is -0.338 e. The van der Waals surface area contributed by atoms with Crippen molar-refractivity contribution in [2.75, 3.05) is 13.1 Å². The predicted molar refractivity (Wildman–Crippen MR) is 82.5 cm³/mol. The van der Waals surface area contributed by atoms with Gasteiger partial charge in [-0.2, -0.15) is 0 Å². The van der Waals surface area contributed by atoms with Gasteiger partial charge in [-0.15, -0.1) is 0 Å². The number of amides is 1. The van der Waals surface area contributed by atoms with Crippen molar-refractivity contribution in [3.63, 3.8) is 0 Å². The maximum atomic E-state index is 12.4. The van der Waals surface area contributed by atoms with Crippen molar-refractivity contribution in [2.24, 2.45) is 11.7 Å². The fraction of sp³-hybridized carbons (Fsp3) is 0.588. The molecule has 1 aromatic carbocycles. The van der Waals surface area contributed by atoms with E-state index in [1.807, 2.05) is 4.90 Å². The molecule has 1 heterocycles. The SMILES string of the molecule is Cc1cccc(CCC(=O)N2CCCC(C)C2CN)c1. The van der Waals surface area contributed by atoms with Crippen LogP contribution in [0, 0.1) is 12.8 Å². The van der Waals surface area contributed by atoms with Gasteiger partial charge >= 0.3 is 0 Å². The van der Waals surface area contributed by atoms with Gasteiger partial charge in [-0.25, -0.2) is 0 Å². The Balaban J connectivity index is 1.93. The monoisotopic (exact) mass is 274 g/mol. The van der Waals surface area contributed by atoms with Gasteiger partial charge in [-0.3, -0.25) is 4.79 Å². The highest BCUT2D eigenvalue weighted by atomic mass is 16.2. The van der Waals surface area contributed by atoms with Crippen molar-refractivity contribution < 1.29 is 4.79 Å². The molecular formula is C17H26N2O. The van der Waals surface area contributed by atoms with Gasteiger partial charge in [0, 0.05) is 25.6 Å². The van der Waals surface area contributed by atoms with Gasteiger partial charge in [0.1, 0.15) is 0 Å². The molecule has 0 bridgehead atoms. The molecular weight excluding hydrogens is 248 g/mol. The molecule has 3 heteroatoms. The Labute approximate surface area is 122 Å². The van der Waals surface area contributed by atoms with E-state index >= 15 is 0 Å². The molecule has 2 unspecified atom stereocenters. The van der Waals surface area contributed by atoms with Gasteiger partial charge in [-0.1, -0.05) is 36.8 Å². The summed E-state index contributed by atoms with van der Waals surface area (Å²) >= 11 is 0. The third kappa shape index (κ3) is 3.60. The van der Waals surface area contributed by atoms with Crippen LogP contribution in [-0.4, -0.2) is 29.9 Å². The highest BCUT2D eigenvalue weighted by Gasteiger charge is 2.30. The van der Waals surface area contributed by atoms with Crippen molar-refractivity contribution in [1.82, 2.24) is 4.90 Å². The van der Waals surface area contributed by atoms with Crippen LogP contribution in [0.3, 0.4) is 0 Å². The van der Waals surface area contributed by atoms with Gasteiger partial charge in [0.25, 0.3) is 0 Å². The Morgan fingerprint density at radius 2 is 2.25 bits per heavy atom. The van der Waals surface area contributed by atoms with E-state index in [9.17, 15) is 4.79 Å². The van der Waals surface area contributed by atoms with Crippen molar-refractivity contribution in [3.8, 4) is 0 Å². The van der Waals surface area contributed by atoms with Crippen LogP contribution in [0.5, 0.6) is 0 Å². The molecule has 0 spiro atoms. The van der Waals surface area contributed by atoms with Gasteiger partial charge in [0.05, 0.1) is 0 Å². The minimum absolute atomic E-state index is 0.230. The molecule has 2 N–H and O–H groups in total. The van der Waals surface area contributed by atoms with Crippen molar-refractivity contribution in [1.29, 1.82) is 0 Å². The molecule has 0 aliphatic carbocycles. The smallest absolute Gasteiger partial charge is 0.223 e. The van der Waals surface area contributed by atoms with Crippen LogP contribution in [-0.2, 0) is 11.2 Å². The normalized spacial score (nSPS) is 22.9. The highest BCUT2D eigenvalue weighted by molar-refractivity contribution is 5.77. The summed E-state index contributed by atoms with van der Waals surface area (Å²) in [4.78, 5) is 14.5. The zero-order valence-corrected chi connectivity index (χ0v) is 12.6. The molecule has 20 heavy (non-hydrogen) atoms. The van der Waals surface area contributed by atoms with Crippen LogP contribution in [0.2, 0.25) is 0 Å². The Hall–Kier alpha value is -1.35. The Morgan fingerprint density at radius 3 is 2.95 bits per heavy atom. The fourth-order valence-corrected chi connectivity index (χ4v) is 3.18.